The molecular formula is C29H31N5O3S. The SMILES string of the molecule is COc1ccc(CCN2CC3CCC(C2)N3c2nc(-c3ccccc3)nc3ccccc23)cc1S(N)(=O)=O. The third kappa shape index (κ3) is 4.73. The second-order valence-electron chi connectivity index (χ2n) is 10.1. The van der Waals surface area contributed by atoms with Crippen molar-refractivity contribution in [2.75, 3.05) is 31.6 Å². The first-order chi connectivity index (χ1) is 18.4. The zero-order chi connectivity index (χ0) is 26.3. The Kier molecular flexibility index (Phi) is 6.51. The molecule has 2 aliphatic rings. The van der Waals surface area contributed by atoms with Crippen LogP contribution in [0.25, 0.3) is 22.3 Å². The molecule has 2 aliphatic heterocycles. The van der Waals surface area contributed by atoms with Gasteiger partial charge in [0.05, 0.1) is 12.6 Å². The molecule has 38 heavy (non-hydrogen) atoms. The molecule has 9 heteroatoms. The molecule has 3 heterocycles. The van der Waals surface area contributed by atoms with Crippen LogP contribution in [0.5, 0.6) is 5.75 Å². The summed E-state index contributed by atoms with van der Waals surface area (Å²) in [5.41, 5.74) is 2.91. The van der Waals surface area contributed by atoms with Crippen LogP contribution >= 0.6 is 0 Å². The molecule has 4 aromatic rings. The lowest BCUT2D eigenvalue weighted by Gasteiger charge is -2.42. The number of rotatable bonds is 7. The zero-order valence-electron chi connectivity index (χ0n) is 21.3. The van der Waals surface area contributed by atoms with Gasteiger partial charge in [-0.1, -0.05) is 48.5 Å². The van der Waals surface area contributed by atoms with E-state index in [1.54, 1.807) is 12.1 Å². The van der Waals surface area contributed by atoms with Gasteiger partial charge in [0, 0.05) is 42.7 Å². The number of benzene rings is 3. The van der Waals surface area contributed by atoms with E-state index in [2.05, 4.69) is 40.1 Å². The van der Waals surface area contributed by atoms with E-state index in [1.165, 1.54) is 7.11 Å². The average molecular weight is 530 g/mol. The standard InChI is InChI=1S/C29H31N5O3S/c1-37-26-14-11-20(17-27(26)38(30,35)36)15-16-33-18-22-12-13-23(19-33)34(22)29-24-9-5-6-10-25(24)31-28(32-29)21-7-3-2-4-8-21/h2-11,14,17,22-23H,12-13,15-16,18-19H2,1H3,(H2,30,35,36). The molecule has 0 amide bonds. The lowest BCUT2D eigenvalue weighted by molar-refractivity contribution is 0.221. The molecule has 2 fully saturated rings. The van der Waals surface area contributed by atoms with Crippen molar-refractivity contribution in [3.8, 4) is 17.1 Å². The predicted octanol–water partition coefficient (Wildman–Crippen LogP) is 3.85. The van der Waals surface area contributed by atoms with Crippen LogP contribution < -0.4 is 14.8 Å². The van der Waals surface area contributed by atoms with E-state index in [0.717, 1.165) is 72.6 Å². The Balaban J connectivity index is 1.24. The maximum Gasteiger partial charge on any atom is 0.241 e. The summed E-state index contributed by atoms with van der Waals surface area (Å²) in [4.78, 5) is 15.0. The number of hydrogen-bond acceptors (Lipinski definition) is 7. The van der Waals surface area contributed by atoms with E-state index in [-0.39, 0.29) is 10.6 Å². The van der Waals surface area contributed by atoms with Crippen LogP contribution in [0.1, 0.15) is 18.4 Å². The average Bonchev–Trinajstić information content (AvgIpc) is 3.20. The second kappa shape index (κ2) is 9.98. The molecule has 2 saturated heterocycles. The number of piperazine rings is 1. The van der Waals surface area contributed by atoms with Gasteiger partial charge in [-0.25, -0.2) is 23.5 Å². The Labute approximate surface area is 223 Å². The fourth-order valence-corrected chi connectivity index (χ4v) is 6.63. The normalized spacial score (nSPS) is 19.7. The van der Waals surface area contributed by atoms with Crippen molar-refractivity contribution < 1.29 is 13.2 Å². The molecule has 1 aromatic heterocycles. The second-order valence-corrected chi connectivity index (χ2v) is 11.6. The number of nitrogens with two attached hydrogens (primary N) is 1. The summed E-state index contributed by atoms with van der Waals surface area (Å²) in [5, 5.41) is 6.50. The number of nitrogens with zero attached hydrogens (tertiary/aromatic N) is 4. The van der Waals surface area contributed by atoms with E-state index < -0.39 is 10.0 Å². The van der Waals surface area contributed by atoms with Gasteiger partial charge in [0.1, 0.15) is 16.5 Å². The van der Waals surface area contributed by atoms with Crippen LogP contribution in [-0.2, 0) is 16.4 Å². The summed E-state index contributed by atoms with van der Waals surface area (Å²) >= 11 is 0. The van der Waals surface area contributed by atoms with Crippen molar-refractivity contribution in [1.82, 2.24) is 14.9 Å². The monoisotopic (exact) mass is 529 g/mol. The fraction of sp³-hybridized carbons (Fsp3) is 0.310. The predicted molar refractivity (Wildman–Crippen MR) is 149 cm³/mol. The van der Waals surface area contributed by atoms with Crippen molar-refractivity contribution in [1.29, 1.82) is 0 Å². The summed E-state index contributed by atoms with van der Waals surface area (Å²) < 4.78 is 29.2. The van der Waals surface area contributed by atoms with Crippen molar-refractivity contribution in [3.63, 3.8) is 0 Å². The summed E-state index contributed by atoms with van der Waals surface area (Å²) in [5.74, 6) is 2.05. The Morgan fingerprint density at radius 3 is 2.37 bits per heavy atom. The number of para-hydroxylation sites is 1. The molecule has 2 bridgehead atoms. The summed E-state index contributed by atoms with van der Waals surface area (Å²) in [7, 11) is -2.41. The number of anilines is 1. The zero-order valence-corrected chi connectivity index (χ0v) is 22.1. The molecule has 3 aromatic carbocycles. The van der Waals surface area contributed by atoms with Gasteiger partial charge in [0.15, 0.2) is 5.82 Å². The summed E-state index contributed by atoms with van der Waals surface area (Å²) in [6.07, 6.45) is 2.98. The Hall–Kier alpha value is -3.53. The molecular weight excluding hydrogens is 498 g/mol. The lowest BCUT2D eigenvalue weighted by Crippen LogP contribution is -2.54. The number of primary sulfonamides is 1. The van der Waals surface area contributed by atoms with Crippen LogP contribution in [-0.4, -0.2) is 62.1 Å². The van der Waals surface area contributed by atoms with Crippen LogP contribution in [0.2, 0.25) is 0 Å². The smallest absolute Gasteiger partial charge is 0.241 e. The van der Waals surface area contributed by atoms with Gasteiger partial charge in [-0.15, -0.1) is 0 Å². The van der Waals surface area contributed by atoms with Crippen molar-refractivity contribution in [3.05, 3.63) is 78.4 Å². The van der Waals surface area contributed by atoms with Gasteiger partial charge in [-0.2, -0.15) is 0 Å². The lowest BCUT2D eigenvalue weighted by atomic mass is 10.1. The Bertz CT molecular complexity index is 1560. The minimum atomic E-state index is -3.86. The first-order valence-electron chi connectivity index (χ1n) is 12.9. The molecule has 8 nitrogen and oxygen atoms in total. The number of aromatic nitrogens is 2. The van der Waals surface area contributed by atoms with Gasteiger partial charge in [-0.05, 0) is 49.1 Å². The van der Waals surface area contributed by atoms with Gasteiger partial charge in [0.25, 0.3) is 0 Å². The van der Waals surface area contributed by atoms with Crippen molar-refractivity contribution in [2.45, 2.75) is 36.2 Å². The molecule has 2 N–H and O–H groups in total. The number of fused-ring (bicyclic) bond motifs is 3. The minimum absolute atomic E-state index is 0.0345. The van der Waals surface area contributed by atoms with Crippen LogP contribution in [0.15, 0.2) is 77.7 Å². The van der Waals surface area contributed by atoms with Crippen molar-refractivity contribution in [2.24, 2.45) is 5.14 Å². The largest absolute Gasteiger partial charge is 0.495 e. The summed E-state index contributed by atoms with van der Waals surface area (Å²) in [6.45, 7) is 2.72. The molecule has 0 radical (unpaired) electrons. The maximum absolute atomic E-state index is 12.0. The highest BCUT2D eigenvalue weighted by Gasteiger charge is 2.41. The number of sulfonamides is 1. The van der Waals surface area contributed by atoms with Gasteiger partial charge >= 0.3 is 0 Å². The number of methoxy groups -OCH3 is 1. The van der Waals surface area contributed by atoms with E-state index >= 15 is 0 Å². The molecule has 196 valence electrons. The van der Waals surface area contributed by atoms with Gasteiger partial charge in [0.2, 0.25) is 10.0 Å². The van der Waals surface area contributed by atoms with E-state index in [4.69, 9.17) is 19.8 Å². The van der Waals surface area contributed by atoms with E-state index in [0.29, 0.717) is 12.1 Å². The molecule has 0 saturated carbocycles. The van der Waals surface area contributed by atoms with Crippen LogP contribution in [0.3, 0.4) is 0 Å². The van der Waals surface area contributed by atoms with E-state index in [9.17, 15) is 8.42 Å². The first-order valence-corrected chi connectivity index (χ1v) is 14.5. The molecule has 0 spiro atoms. The van der Waals surface area contributed by atoms with Crippen molar-refractivity contribution >= 4 is 26.7 Å². The van der Waals surface area contributed by atoms with Gasteiger partial charge < -0.3 is 9.64 Å². The molecule has 0 aliphatic carbocycles. The molecule has 2 unspecified atom stereocenters. The maximum atomic E-state index is 12.0. The third-order valence-corrected chi connectivity index (χ3v) is 8.60. The third-order valence-electron chi connectivity index (χ3n) is 7.67. The highest BCUT2D eigenvalue weighted by atomic mass is 32.2. The van der Waals surface area contributed by atoms with Crippen LogP contribution in [0.4, 0.5) is 5.82 Å². The molecule has 6 rings (SSSR count). The fourth-order valence-electron chi connectivity index (χ4n) is 5.88. The highest BCUT2D eigenvalue weighted by molar-refractivity contribution is 7.89. The van der Waals surface area contributed by atoms with E-state index in [1.807, 2.05) is 30.3 Å². The Morgan fingerprint density at radius 2 is 1.66 bits per heavy atom. The van der Waals surface area contributed by atoms with Crippen LogP contribution in [0, 0.1) is 0 Å². The Morgan fingerprint density at radius 1 is 0.947 bits per heavy atom. The minimum Gasteiger partial charge on any atom is -0.495 e. The number of ether oxygens (including phenoxy) is 1. The highest BCUT2D eigenvalue weighted by Crippen LogP contribution is 2.38. The van der Waals surface area contributed by atoms with Gasteiger partial charge in [-0.3, -0.25) is 4.90 Å². The summed E-state index contributed by atoms with van der Waals surface area (Å²) in [6, 6.07) is 24.4. The quantitative estimate of drug-likeness (QED) is 0.388. The topological polar surface area (TPSA) is 102 Å². The number of hydrogen-bond donors (Lipinski definition) is 1. The molecule has 2 atom stereocenters. The first kappa shape index (κ1) is 24.8. The number of likely N-dealkylation sites (tertiary alicyclic amines) is 1.